The molecular weight excluding hydrogens is 544 g/mol. The number of amides is 2. The molecule has 1 N–H and O–H groups in total. The van der Waals surface area contributed by atoms with Gasteiger partial charge in [-0.1, -0.05) is 65.5 Å². The second kappa shape index (κ2) is 12.7. The maximum Gasteiger partial charge on any atom is 0.304 e. The predicted molar refractivity (Wildman–Crippen MR) is 146 cm³/mol. The van der Waals surface area contributed by atoms with Crippen molar-refractivity contribution in [2.45, 2.75) is 57.7 Å². The number of para-hydroxylation sites is 1. The Kier molecular flexibility index (Phi) is 9.92. The zero-order valence-electron chi connectivity index (χ0n) is 21.1. The van der Waals surface area contributed by atoms with Gasteiger partial charge in [-0.25, -0.2) is 4.31 Å². The molecule has 1 fully saturated rings. The second-order valence-electron chi connectivity index (χ2n) is 9.30. The number of halogens is 1. The summed E-state index contributed by atoms with van der Waals surface area (Å²) in [7, 11) is -1.11. The number of nitrogens with zero attached hydrogens (tertiary/aromatic N) is 3. The molecule has 1 saturated carbocycles. The zero-order valence-corrected chi connectivity index (χ0v) is 23.5. The van der Waals surface area contributed by atoms with Gasteiger partial charge in [-0.15, -0.1) is 0 Å². The van der Waals surface area contributed by atoms with Crippen LogP contribution in [0.2, 0.25) is 0 Å². The van der Waals surface area contributed by atoms with E-state index < -0.39 is 28.7 Å². The van der Waals surface area contributed by atoms with Crippen LogP contribution in [0.1, 0.15) is 44.6 Å². The number of benzene rings is 2. The van der Waals surface area contributed by atoms with Crippen molar-refractivity contribution in [3.8, 4) is 0 Å². The summed E-state index contributed by atoms with van der Waals surface area (Å²) >= 11 is 3.46. The molecular formula is C26H35BrN4O4S. The van der Waals surface area contributed by atoms with Crippen LogP contribution in [0, 0.1) is 0 Å². The molecule has 1 unspecified atom stereocenters. The molecule has 36 heavy (non-hydrogen) atoms. The molecule has 10 heteroatoms. The van der Waals surface area contributed by atoms with Crippen LogP contribution >= 0.6 is 15.9 Å². The molecule has 2 amide bonds. The maximum absolute atomic E-state index is 13.7. The van der Waals surface area contributed by atoms with Gasteiger partial charge in [0, 0.05) is 31.2 Å². The molecule has 2 aromatic rings. The van der Waals surface area contributed by atoms with Gasteiger partial charge in [-0.05, 0) is 49.6 Å². The SMILES string of the molecule is CC(C(=O)NC1CCCCC1)N(Cc1cccc(Br)c1)C(=O)CN(c1ccccc1)S(=O)(=O)N(C)C. The Hall–Kier alpha value is -2.43. The molecule has 0 bridgehead atoms. The van der Waals surface area contributed by atoms with Gasteiger partial charge in [0.1, 0.15) is 12.6 Å². The Morgan fingerprint density at radius 1 is 1.03 bits per heavy atom. The van der Waals surface area contributed by atoms with Crippen LogP contribution in [0.5, 0.6) is 0 Å². The number of carbonyl (C=O) groups is 2. The Morgan fingerprint density at radius 3 is 2.31 bits per heavy atom. The minimum absolute atomic E-state index is 0.103. The fourth-order valence-electron chi connectivity index (χ4n) is 4.29. The largest absolute Gasteiger partial charge is 0.352 e. The molecule has 0 aliphatic heterocycles. The minimum Gasteiger partial charge on any atom is -0.352 e. The first kappa shape index (κ1) is 28.1. The molecule has 1 atom stereocenters. The molecule has 0 radical (unpaired) electrons. The van der Waals surface area contributed by atoms with Crippen LogP contribution in [0.3, 0.4) is 0 Å². The maximum atomic E-state index is 13.7. The highest BCUT2D eigenvalue weighted by atomic mass is 79.9. The Bertz CT molecular complexity index is 1140. The average molecular weight is 580 g/mol. The third-order valence-electron chi connectivity index (χ3n) is 6.42. The highest BCUT2D eigenvalue weighted by molar-refractivity contribution is 9.10. The topological polar surface area (TPSA) is 90.0 Å². The van der Waals surface area contributed by atoms with Gasteiger partial charge < -0.3 is 10.2 Å². The highest BCUT2D eigenvalue weighted by Gasteiger charge is 2.33. The first-order valence-electron chi connectivity index (χ1n) is 12.2. The van der Waals surface area contributed by atoms with Crippen LogP contribution in [0.25, 0.3) is 0 Å². The van der Waals surface area contributed by atoms with Crippen molar-refractivity contribution in [1.82, 2.24) is 14.5 Å². The Morgan fingerprint density at radius 2 is 1.69 bits per heavy atom. The molecule has 2 aromatic carbocycles. The lowest BCUT2D eigenvalue weighted by Gasteiger charge is -2.34. The quantitative estimate of drug-likeness (QED) is 0.462. The van der Waals surface area contributed by atoms with E-state index in [-0.39, 0.29) is 18.5 Å². The first-order chi connectivity index (χ1) is 17.1. The van der Waals surface area contributed by atoms with Gasteiger partial charge in [-0.2, -0.15) is 12.7 Å². The molecule has 3 rings (SSSR count). The summed E-state index contributed by atoms with van der Waals surface area (Å²) in [6.07, 6.45) is 5.19. The van der Waals surface area contributed by atoms with Crippen LogP contribution < -0.4 is 9.62 Å². The van der Waals surface area contributed by atoms with Crippen molar-refractivity contribution in [3.05, 3.63) is 64.6 Å². The second-order valence-corrected chi connectivity index (χ2v) is 12.3. The summed E-state index contributed by atoms with van der Waals surface area (Å²) < 4.78 is 29.3. The van der Waals surface area contributed by atoms with E-state index >= 15 is 0 Å². The van der Waals surface area contributed by atoms with Crippen molar-refractivity contribution in [2.75, 3.05) is 24.9 Å². The fraction of sp³-hybridized carbons (Fsp3) is 0.462. The summed E-state index contributed by atoms with van der Waals surface area (Å²) in [5, 5.41) is 3.10. The minimum atomic E-state index is -3.96. The smallest absolute Gasteiger partial charge is 0.304 e. The van der Waals surface area contributed by atoms with Gasteiger partial charge in [0.2, 0.25) is 11.8 Å². The molecule has 0 spiro atoms. The molecule has 1 aliphatic rings. The summed E-state index contributed by atoms with van der Waals surface area (Å²) in [6.45, 7) is 1.43. The first-order valence-corrected chi connectivity index (χ1v) is 14.4. The zero-order chi connectivity index (χ0) is 26.3. The number of nitrogens with one attached hydrogen (secondary N) is 1. The molecule has 8 nitrogen and oxygen atoms in total. The van der Waals surface area contributed by atoms with Crippen molar-refractivity contribution >= 4 is 43.6 Å². The average Bonchev–Trinajstić information content (AvgIpc) is 2.86. The predicted octanol–water partition coefficient (Wildman–Crippen LogP) is 3.93. The number of anilines is 1. The van der Waals surface area contributed by atoms with Gasteiger partial charge in [0.25, 0.3) is 0 Å². The lowest BCUT2D eigenvalue weighted by Crippen LogP contribution is -2.53. The number of hydrogen-bond acceptors (Lipinski definition) is 4. The van der Waals surface area contributed by atoms with Gasteiger partial charge in [0.05, 0.1) is 5.69 Å². The van der Waals surface area contributed by atoms with Crippen LogP contribution in [-0.4, -0.2) is 62.2 Å². The monoisotopic (exact) mass is 578 g/mol. The molecule has 196 valence electrons. The van der Waals surface area contributed by atoms with E-state index in [0.29, 0.717) is 5.69 Å². The normalized spacial score (nSPS) is 15.4. The van der Waals surface area contributed by atoms with Gasteiger partial charge in [-0.3, -0.25) is 9.59 Å². The Labute approximate surface area is 223 Å². The fourth-order valence-corrected chi connectivity index (χ4v) is 5.80. The summed E-state index contributed by atoms with van der Waals surface area (Å²) in [5.74, 6) is -0.692. The number of rotatable bonds is 10. The highest BCUT2D eigenvalue weighted by Crippen LogP contribution is 2.22. The Balaban J connectivity index is 1.89. The number of hydrogen-bond donors (Lipinski definition) is 1. The van der Waals surface area contributed by atoms with Crippen molar-refractivity contribution < 1.29 is 18.0 Å². The third-order valence-corrected chi connectivity index (χ3v) is 8.74. The van der Waals surface area contributed by atoms with Crippen molar-refractivity contribution in [2.24, 2.45) is 0 Å². The van der Waals surface area contributed by atoms with E-state index in [2.05, 4.69) is 21.2 Å². The van der Waals surface area contributed by atoms with E-state index in [1.165, 1.54) is 25.4 Å². The molecule has 0 aromatic heterocycles. The summed E-state index contributed by atoms with van der Waals surface area (Å²) in [5.41, 5.74) is 1.21. The molecule has 0 saturated heterocycles. The van der Waals surface area contributed by atoms with E-state index in [9.17, 15) is 18.0 Å². The van der Waals surface area contributed by atoms with Crippen LogP contribution in [0.4, 0.5) is 5.69 Å². The van der Waals surface area contributed by atoms with E-state index in [1.807, 2.05) is 24.3 Å². The molecule has 1 aliphatic carbocycles. The summed E-state index contributed by atoms with van der Waals surface area (Å²) in [4.78, 5) is 28.4. The van der Waals surface area contributed by atoms with Crippen LogP contribution in [-0.2, 0) is 26.3 Å². The third kappa shape index (κ3) is 7.30. The van der Waals surface area contributed by atoms with Crippen molar-refractivity contribution in [3.63, 3.8) is 0 Å². The van der Waals surface area contributed by atoms with Gasteiger partial charge >= 0.3 is 10.2 Å². The van der Waals surface area contributed by atoms with Gasteiger partial charge in [0.15, 0.2) is 0 Å². The molecule has 0 heterocycles. The standard InChI is InChI=1S/C26H35BrN4O4S/c1-20(26(33)28-23-13-6-4-7-14-23)30(18-21-11-10-12-22(27)17-21)25(32)19-31(36(34,35)29(2)3)24-15-8-5-9-16-24/h5,8-12,15-17,20,23H,4,6-7,13-14,18-19H2,1-3H3,(H,28,33). The summed E-state index contributed by atoms with van der Waals surface area (Å²) in [6, 6.07) is 15.3. The van der Waals surface area contributed by atoms with Crippen molar-refractivity contribution in [1.29, 1.82) is 0 Å². The lowest BCUT2D eigenvalue weighted by molar-refractivity contribution is -0.139. The van der Waals surface area contributed by atoms with Crippen LogP contribution in [0.15, 0.2) is 59.1 Å². The van der Waals surface area contributed by atoms with E-state index in [4.69, 9.17) is 0 Å². The lowest BCUT2D eigenvalue weighted by atomic mass is 9.95. The van der Waals surface area contributed by atoms with E-state index in [1.54, 1.807) is 37.3 Å². The number of carbonyl (C=O) groups excluding carboxylic acids is 2. The van der Waals surface area contributed by atoms with E-state index in [0.717, 1.165) is 44.3 Å².